The van der Waals surface area contributed by atoms with Crippen LogP contribution in [0.15, 0.2) is 24.5 Å². The van der Waals surface area contributed by atoms with Crippen molar-refractivity contribution in [3.05, 3.63) is 30.1 Å². The first kappa shape index (κ1) is 12.8. The van der Waals surface area contributed by atoms with Crippen LogP contribution >= 0.6 is 0 Å². The predicted molar refractivity (Wildman–Crippen MR) is 68.2 cm³/mol. The molecule has 0 radical (unpaired) electrons. The highest BCUT2D eigenvalue weighted by Gasteiger charge is 2.26. The topological polar surface area (TPSA) is 54.5 Å². The highest BCUT2D eigenvalue weighted by atomic mass is 16.6. The van der Waals surface area contributed by atoms with E-state index in [1.165, 1.54) is 5.56 Å². The van der Waals surface area contributed by atoms with Crippen molar-refractivity contribution in [1.29, 1.82) is 0 Å². The van der Waals surface area contributed by atoms with Gasteiger partial charge in [-0.1, -0.05) is 6.92 Å². The Morgan fingerprint density at radius 1 is 1.56 bits per heavy atom. The molecule has 0 bridgehead atoms. The Morgan fingerprint density at radius 3 is 2.83 bits per heavy atom. The third-order valence-corrected chi connectivity index (χ3v) is 3.25. The Kier molecular flexibility index (Phi) is 4.15. The zero-order valence-corrected chi connectivity index (χ0v) is 10.8. The molecule has 0 aliphatic carbocycles. The number of alkyl carbamates (subject to hydrolysis) is 1. The van der Waals surface area contributed by atoms with Gasteiger partial charge >= 0.3 is 6.09 Å². The third-order valence-electron chi connectivity index (χ3n) is 3.25. The summed E-state index contributed by atoms with van der Waals surface area (Å²) in [6, 6.07) is 4.39. The molecule has 2 atom stereocenters. The number of hydrogen-bond acceptors (Lipinski definition) is 4. The van der Waals surface area contributed by atoms with Crippen LogP contribution in [0.4, 0.5) is 4.79 Å². The zero-order chi connectivity index (χ0) is 13.0. The average Bonchev–Trinajstić information content (AvgIpc) is 2.77. The third kappa shape index (κ3) is 2.98. The molecule has 1 amide bonds. The van der Waals surface area contributed by atoms with Crippen LogP contribution in [0.2, 0.25) is 0 Å². The monoisotopic (exact) mass is 249 g/mol. The van der Waals surface area contributed by atoms with E-state index in [4.69, 9.17) is 4.74 Å². The maximum Gasteiger partial charge on any atom is 0.407 e. The Bertz CT molecular complexity index is 396. The van der Waals surface area contributed by atoms with E-state index >= 15 is 0 Å². The molecule has 2 heterocycles. The van der Waals surface area contributed by atoms with Gasteiger partial charge in [-0.2, -0.15) is 0 Å². The van der Waals surface area contributed by atoms with Crippen molar-refractivity contribution in [3.8, 4) is 0 Å². The first-order chi connectivity index (χ1) is 8.70. The lowest BCUT2D eigenvalue weighted by Gasteiger charge is -2.28. The minimum Gasteiger partial charge on any atom is -0.443 e. The average molecular weight is 249 g/mol. The molecule has 0 spiro atoms. The maximum absolute atomic E-state index is 11.0. The van der Waals surface area contributed by atoms with E-state index in [2.05, 4.69) is 29.2 Å². The molecule has 2 rings (SSSR count). The van der Waals surface area contributed by atoms with Gasteiger partial charge in [0, 0.05) is 25.0 Å². The quantitative estimate of drug-likeness (QED) is 0.860. The summed E-state index contributed by atoms with van der Waals surface area (Å²) in [5, 5.41) is 2.67. The van der Waals surface area contributed by atoms with Gasteiger partial charge in [0.05, 0.1) is 6.54 Å². The molecule has 0 saturated carbocycles. The molecular weight excluding hydrogens is 230 g/mol. The van der Waals surface area contributed by atoms with Gasteiger partial charge in [-0.3, -0.25) is 9.88 Å². The van der Waals surface area contributed by atoms with Crippen molar-refractivity contribution in [2.24, 2.45) is 0 Å². The van der Waals surface area contributed by atoms with Crippen LogP contribution in [-0.2, 0) is 4.74 Å². The predicted octanol–water partition coefficient (Wildman–Crippen LogP) is 1.57. The van der Waals surface area contributed by atoms with Gasteiger partial charge in [-0.05, 0) is 31.2 Å². The van der Waals surface area contributed by atoms with E-state index in [1.807, 2.05) is 24.5 Å². The minimum atomic E-state index is -0.314. The van der Waals surface area contributed by atoms with Crippen LogP contribution in [0.1, 0.15) is 24.9 Å². The van der Waals surface area contributed by atoms with Crippen LogP contribution in [0, 0.1) is 0 Å². The fraction of sp³-hybridized carbons (Fsp3) is 0.538. The number of hydrogen-bond donors (Lipinski definition) is 1. The minimum absolute atomic E-state index is 0.0570. The van der Waals surface area contributed by atoms with E-state index in [0.29, 0.717) is 12.6 Å². The molecule has 1 saturated heterocycles. The second kappa shape index (κ2) is 5.82. The van der Waals surface area contributed by atoms with Crippen LogP contribution in [0.25, 0.3) is 0 Å². The largest absolute Gasteiger partial charge is 0.443 e. The summed E-state index contributed by atoms with van der Waals surface area (Å²) in [4.78, 5) is 17.2. The van der Waals surface area contributed by atoms with E-state index in [9.17, 15) is 4.79 Å². The van der Waals surface area contributed by atoms with Crippen molar-refractivity contribution < 1.29 is 9.53 Å². The smallest absolute Gasteiger partial charge is 0.407 e. The highest BCUT2D eigenvalue weighted by molar-refractivity contribution is 5.69. The van der Waals surface area contributed by atoms with E-state index in [0.717, 1.165) is 13.0 Å². The summed E-state index contributed by atoms with van der Waals surface area (Å²) in [6.07, 6.45) is 4.25. The van der Waals surface area contributed by atoms with Gasteiger partial charge in [0.25, 0.3) is 0 Å². The number of aromatic nitrogens is 1. The number of carbonyl (C=O) groups is 1. The van der Waals surface area contributed by atoms with Crippen molar-refractivity contribution >= 4 is 6.09 Å². The number of amides is 1. The Balaban J connectivity index is 1.97. The summed E-state index contributed by atoms with van der Waals surface area (Å²) in [6.45, 7) is 3.48. The summed E-state index contributed by atoms with van der Waals surface area (Å²) < 4.78 is 5.16. The van der Waals surface area contributed by atoms with E-state index in [1.54, 1.807) is 0 Å². The lowest BCUT2D eigenvalue weighted by Crippen LogP contribution is -2.34. The number of likely N-dealkylation sites (N-methyl/N-ethyl adjacent to an activating group) is 1. The zero-order valence-electron chi connectivity index (χ0n) is 10.8. The second-order valence-electron chi connectivity index (χ2n) is 4.55. The SMILES string of the molecule is CC[C@H](c1ccncc1)N(C)C[C@H]1CNC(=O)O1. The van der Waals surface area contributed by atoms with Crippen LogP contribution in [-0.4, -0.2) is 42.2 Å². The standard InChI is InChI=1S/C13H19N3O2/c1-3-12(10-4-6-14-7-5-10)16(2)9-11-8-15-13(17)18-11/h4-7,11-12H,3,8-9H2,1-2H3,(H,15,17)/t11-,12-/m1/s1. The highest BCUT2D eigenvalue weighted by Crippen LogP contribution is 2.22. The molecule has 1 aliphatic heterocycles. The molecule has 0 unspecified atom stereocenters. The van der Waals surface area contributed by atoms with E-state index < -0.39 is 0 Å². The van der Waals surface area contributed by atoms with Crippen molar-refractivity contribution in [1.82, 2.24) is 15.2 Å². The number of rotatable bonds is 5. The molecule has 18 heavy (non-hydrogen) atoms. The molecule has 1 N–H and O–H groups in total. The molecule has 1 fully saturated rings. The van der Waals surface area contributed by atoms with Crippen LogP contribution in [0.3, 0.4) is 0 Å². The second-order valence-corrected chi connectivity index (χ2v) is 4.55. The number of ether oxygens (including phenoxy) is 1. The lowest BCUT2D eigenvalue weighted by atomic mass is 10.0. The molecule has 98 valence electrons. The van der Waals surface area contributed by atoms with Gasteiger partial charge in [-0.25, -0.2) is 4.79 Å². The Hall–Kier alpha value is -1.62. The van der Waals surface area contributed by atoms with Gasteiger partial charge in [-0.15, -0.1) is 0 Å². The van der Waals surface area contributed by atoms with Gasteiger partial charge in [0.2, 0.25) is 0 Å². The molecule has 5 heteroatoms. The molecule has 5 nitrogen and oxygen atoms in total. The lowest BCUT2D eigenvalue weighted by molar-refractivity contribution is 0.101. The van der Waals surface area contributed by atoms with Crippen molar-refractivity contribution in [2.45, 2.75) is 25.5 Å². The summed E-state index contributed by atoms with van der Waals surface area (Å²) in [5.74, 6) is 0. The summed E-state index contributed by atoms with van der Waals surface area (Å²) >= 11 is 0. The molecule has 1 aromatic rings. The number of cyclic esters (lactones) is 1. The molecular formula is C13H19N3O2. The van der Waals surface area contributed by atoms with Crippen molar-refractivity contribution in [3.63, 3.8) is 0 Å². The molecule has 1 aliphatic rings. The normalized spacial score (nSPS) is 20.6. The molecule has 1 aromatic heterocycles. The van der Waals surface area contributed by atoms with Gasteiger partial charge < -0.3 is 10.1 Å². The van der Waals surface area contributed by atoms with Gasteiger partial charge in [0.1, 0.15) is 6.10 Å². The maximum atomic E-state index is 11.0. The first-order valence-corrected chi connectivity index (χ1v) is 6.25. The van der Waals surface area contributed by atoms with Crippen molar-refractivity contribution in [2.75, 3.05) is 20.1 Å². The Morgan fingerprint density at radius 2 is 2.28 bits per heavy atom. The molecule has 0 aromatic carbocycles. The number of nitrogens with one attached hydrogen (secondary N) is 1. The summed E-state index contributed by atoms with van der Waals surface area (Å²) in [7, 11) is 2.06. The van der Waals surface area contributed by atoms with Crippen LogP contribution < -0.4 is 5.32 Å². The fourth-order valence-electron chi connectivity index (χ4n) is 2.37. The fourth-order valence-corrected chi connectivity index (χ4v) is 2.37. The first-order valence-electron chi connectivity index (χ1n) is 6.25. The number of carbonyl (C=O) groups excluding carboxylic acids is 1. The summed E-state index contributed by atoms with van der Waals surface area (Å²) in [5.41, 5.74) is 1.24. The number of pyridine rings is 1. The van der Waals surface area contributed by atoms with E-state index in [-0.39, 0.29) is 12.2 Å². The van der Waals surface area contributed by atoms with Gasteiger partial charge in [0.15, 0.2) is 0 Å². The van der Waals surface area contributed by atoms with Crippen LogP contribution in [0.5, 0.6) is 0 Å². The Labute approximate surface area is 107 Å². The number of nitrogens with zero attached hydrogens (tertiary/aromatic N) is 2.